The molecule has 0 N–H and O–H groups in total. The lowest BCUT2D eigenvalue weighted by molar-refractivity contribution is 0.224. The number of nitrogens with zero attached hydrogens (tertiary/aromatic N) is 1. The normalized spacial score (nSPS) is 17.0. The van der Waals surface area contributed by atoms with E-state index in [1.807, 2.05) is 6.92 Å². The molecule has 1 aliphatic heterocycles. The van der Waals surface area contributed by atoms with E-state index >= 15 is 0 Å². The third-order valence-electron chi connectivity index (χ3n) is 4.30. The van der Waals surface area contributed by atoms with E-state index in [0.29, 0.717) is 17.5 Å². The van der Waals surface area contributed by atoms with Gasteiger partial charge in [-0.3, -0.25) is 4.57 Å². The van der Waals surface area contributed by atoms with Crippen molar-refractivity contribution in [1.82, 2.24) is 4.31 Å². The first-order valence-corrected chi connectivity index (χ1v) is 12.4. The molecule has 0 aromatic heterocycles. The van der Waals surface area contributed by atoms with E-state index < -0.39 is 17.6 Å². The first-order valence-electron chi connectivity index (χ1n) is 9.38. The summed E-state index contributed by atoms with van der Waals surface area (Å²) in [7, 11) is -7.40. The summed E-state index contributed by atoms with van der Waals surface area (Å²) in [6.07, 6.45) is -0.155. The Balaban J connectivity index is 2.42. The summed E-state index contributed by atoms with van der Waals surface area (Å²) in [5.41, 5.74) is 1.68. The molecule has 0 bridgehead atoms. The zero-order valence-corrected chi connectivity index (χ0v) is 18.9. The van der Waals surface area contributed by atoms with Crippen LogP contribution in [0, 0.1) is 6.92 Å². The summed E-state index contributed by atoms with van der Waals surface area (Å²) >= 11 is 0. The van der Waals surface area contributed by atoms with Crippen LogP contribution in [0.15, 0.2) is 40.0 Å². The van der Waals surface area contributed by atoms with E-state index in [9.17, 15) is 13.0 Å². The maximum Gasteiger partial charge on any atom is 0.358 e. The smallest absolute Gasteiger partial charge is 0.358 e. The van der Waals surface area contributed by atoms with Crippen LogP contribution in [0.2, 0.25) is 0 Å². The quantitative estimate of drug-likeness (QED) is 0.390. The van der Waals surface area contributed by atoms with Crippen molar-refractivity contribution in [3.8, 4) is 0 Å². The van der Waals surface area contributed by atoms with Gasteiger partial charge in [-0.15, -0.1) is 0 Å². The van der Waals surface area contributed by atoms with Gasteiger partial charge in [0.15, 0.2) is 0 Å². The number of epoxide rings is 1. The van der Waals surface area contributed by atoms with E-state index in [2.05, 4.69) is 0 Å². The summed E-state index contributed by atoms with van der Waals surface area (Å²) in [4.78, 5) is 0.189. The van der Waals surface area contributed by atoms with Crippen molar-refractivity contribution in [2.75, 3.05) is 32.9 Å². The Morgan fingerprint density at radius 2 is 1.71 bits per heavy atom. The van der Waals surface area contributed by atoms with E-state index in [-0.39, 0.29) is 37.3 Å². The van der Waals surface area contributed by atoms with Crippen LogP contribution < -0.4 is 0 Å². The molecule has 1 atom stereocenters. The SMILES string of the molecule is CCOP(=O)(OCC)C(CN(CC1CO1)S(=O)(=O)c1ccc(C)cc1)=C(C)C. The molecule has 1 fully saturated rings. The van der Waals surface area contributed by atoms with E-state index in [1.165, 1.54) is 4.31 Å². The van der Waals surface area contributed by atoms with E-state index in [4.69, 9.17) is 13.8 Å². The maximum atomic E-state index is 13.3. The molecule has 1 saturated heterocycles. The largest absolute Gasteiger partial charge is 0.372 e. The second-order valence-electron chi connectivity index (χ2n) is 6.85. The molecule has 158 valence electrons. The third kappa shape index (κ3) is 5.75. The van der Waals surface area contributed by atoms with Gasteiger partial charge in [0, 0.05) is 13.1 Å². The summed E-state index contributed by atoms with van der Waals surface area (Å²) in [6, 6.07) is 6.67. The molecule has 1 heterocycles. The van der Waals surface area contributed by atoms with Gasteiger partial charge in [0.2, 0.25) is 10.0 Å². The van der Waals surface area contributed by atoms with Gasteiger partial charge < -0.3 is 13.8 Å². The average molecular weight is 431 g/mol. The molecule has 0 spiro atoms. The number of benzene rings is 1. The topological polar surface area (TPSA) is 85.4 Å². The number of hydrogen-bond acceptors (Lipinski definition) is 6. The molecule has 9 heteroatoms. The van der Waals surface area contributed by atoms with Crippen LogP contribution in [0.5, 0.6) is 0 Å². The van der Waals surface area contributed by atoms with Crippen LogP contribution in [-0.4, -0.2) is 51.7 Å². The summed E-state index contributed by atoms with van der Waals surface area (Å²) in [5, 5.41) is 0.368. The highest BCUT2D eigenvalue weighted by molar-refractivity contribution is 7.89. The van der Waals surface area contributed by atoms with Crippen molar-refractivity contribution in [1.29, 1.82) is 0 Å². The van der Waals surface area contributed by atoms with E-state index in [0.717, 1.165) is 5.56 Å². The van der Waals surface area contributed by atoms with Gasteiger partial charge in [0.25, 0.3) is 0 Å². The van der Waals surface area contributed by atoms with Crippen LogP contribution in [0.1, 0.15) is 33.3 Å². The van der Waals surface area contributed by atoms with Gasteiger partial charge in [-0.25, -0.2) is 8.42 Å². The number of sulfonamides is 1. The zero-order chi connectivity index (χ0) is 20.9. The molecule has 1 aromatic rings. The van der Waals surface area contributed by atoms with Crippen LogP contribution in [-0.2, 0) is 28.4 Å². The number of hydrogen-bond donors (Lipinski definition) is 0. The van der Waals surface area contributed by atoms with Crippen molar-refractivity contribution in [2.24, 2.45) is 0 Å². The Morgan fingerprint density at radius 1 is 1.18 bits per heavy atom. The Bertz CT molecular complexity index is 832. The minimum Gasteiger partial charge on any atom is -0.372 e. The maximum absolute atomic E-state index is 13.3. The van der Waals surface area contributed by atoms with Gasteiger partial charge in [0.1, 0.15) is 0 Å². The molecule has 0 aliphatic carbocycles. The van der Waals surface area contributed by atoms with Crippen LogP contribution in [0.3, 0.4) is 0 Å². The predicted molar refractivity (Wildman–Crippen MR) is 109 cm³/mol. The predicted octanol–water partition coefficient (Wildman–Crippen LogP) is 3.94. The van der Waals surface area contributed by atoms with Crippen LogP contribution in [0.4, 0.5) is 0 Å². The van der Waals surface area contributed by atoms with Crippen molar-refractivity contribution in [3.63, 3.8) is 0 Å². The van der Waals surface area contributed by atoms with Crippen molar-refractivity contribution in [2.45, 2.75) is 45.6 Å². The Kier molecular flexibility index (Phi) is 8.02. The fourth-order valence-electron chi connectivity index (χ4n) is 2.73. The number of aryl methyl sites for hydroxylation is 1. The molecule has 1 aliphatic rings. The van der Waals surface area contributed by atoms with Gasteiger partial charge >= 0.3 is 7.60 Å². The number of rotatable bonds is 11. The molecule has 0 radical (unpaired) electrons. The van der Waals surface area contributed by atoms with Crippen LogP contribution >= 0.6 is 7.60 Å². The first kappa shape index (κ1) is 23.3. The molecule has 28 heavy (non-hydrogen) atoms. The lowest BCUT2D eigenvalue weighted by Gasteiger charge is -2.27. The lowest BCUT2D eigenvalue weighted by Crippen LogP contribution is -2.36. The minimum absolute atomic E-state index is 0.0737. The number of ether oxygens (including phenoxy) is 1. The fraction of sp³-hybridized carbons (Fsp3) is 0.579. The Labute approximate surface area is 168 Å². The zero-order valence-electron chi connectivity index (χ0n) is 17.2. The molecular formula is C19H30NO6PS. The monoisotopic (exact) mass is 431 g/mol. The lowest BCUT2D eigenvalue weighted by atomic mass is 10.2. The molecule has 7 nitrogen and oxygen atoms in total. The van der Waals surface area contributed by atoms with Crippen molar-refractivity contribution < 1.29 is 26.8 Å². The molecule has 1 unspecified atom stereocenters. The van der Waals surface area contributed by atoms with Gasteiger partial charge in [-0.2, -0.15) is 4.31 Å². The second kappa shape index (κ2) is 9.65. The summed E-state index contributed by atoms with van der Waals surface area (Å²) in [5.74, 6) is 0. The van der Waals surface area contributed by atoms with Crippen molar-refractivity contribution in [3.05, 3.63) is 40.7 Å². The number of allylic oxidation sites excluding steroid dienone is 1. The first-order chi connectivity index (χ1) is 13.1. The molecule has 2 rings (SSSR count). The molecule has 1 aromatic carbocycles. The minimum atomic E-state index is -3.80. The second-order valence-corrected chi connectivity index (χ2v) is 10.8. The average Bonchev–Trinajstić information content (AvgIpc) is 3.42. The van der Waals surface area contributed by atoms with E-state index in [1.54, 1.807) is 52.0 Å². The summed E-state index contributed by atoms with van der Waals surface area (Å²) < 4.78 is 57.4. The highest BCUT2D eigenvalue weighted by Gasteiger charge is 2.38. The highest BCUT2D eigenvalue weighted by atomic mass is 32.2. The third-order valence-corrected chi connectivity index (χ3v) is 8.57. The van der Waals surface area contributed by atoms with Crippen molar-refractivity contribution >= 4 is 17.6 Å². The highest BCUT2D eigenvalue weighted by Crippen LogP contribution is 2.57. The molecule has 0 saturated carbocycles. The van der Waals surface area contributed by atoms with Gasteiger partial charge in [-0.05, 0) is 46.8 Å². The molecular weight excluding hydrogens is 401 g/mol. The standard InChI is InChI=1S/C19H30NO6PS/c1-6-25-27(21,26-7-2)19(15(3)4)13-20(12-17-14-24-17)28(22,23)18-10-8-16(5)9-11-18/h8-11,17H,6-7,12-14H2,1-5H3. The molecule has 0 amide bonds. The Hall–Kier alpha value is -1.02. The van der Waals surface area contributed by atoms with Crippen LogP contribution in [0.25, 0.3) is 0 Å². The summed E-state index contributed by atoms with van der Waals surface area (Å²) in [6.45, 7) is 9.94. The van der Waals surface area contributed by atoms with Gasteiger partial charge in [0.05, 0.1) is 36.1 Å². The Morgan fingerprint density at radius 3 is 2.14 bits per heavy atom. The fourth-order valence-corrected chi connectivity index (χ4v) is 6.22. The van der Waals surface area contributed by atoms with Gasteiger partial charge in [-0.1, -0.05) is 23.3 Å².